The largest absolute Gasteiger partial charge is 0.508 e. The van der Waals surface area contributed by atoms with Crippen LogP contribution >= 0.6 is 0 Å². The number of carbonyl (C=O) groups is 4. The molecule has 0 bridgehead atoms. The van der Waals surface area contributed by atoms with Gasteiger partial charge in [0.25, 0.3) is 0 Å². The minimum Gasteiger partial charge on any atom is -0.508 e. The minimum atomic E-state index is -1.14. The number of nitrogens with one attached hydrogen (secondary N) is 3. The molecule has 0 aromatic heterocycles. The topological polar surface area (TPSA) is 148 Å². The summed E-state index contributed by atoms with van der Waals surface area (Å²) in [5, 5.41) is 27.7. The van der Waals surface area contributed by atoms with E-state index in [9.17, 15) is 29.4 Å². The number of nitrogens with zero attached hydrogens (tertiary/aromatic N) is 1. The quantitative estimate of drug-likeness (QED) is 0.327. The van der Waals surface area contributed by atoms with E-state index in [1.165, 1.54) is 12.1 Å². The van der Waals surface area contributed by atoms with Crippen molar-refractivity contribution in [1.29, 1.82) is 0 Å². The number of rotatable bonds is 10. The monoisotopic (exact) mass is 488 g/mol. The van der Waals surface area contributed by atoms with Crippen LogP contribution in [0.15, 0.2) is 24.3 Å². The summed E-state index contributed by atoms with van der Waals surface area (Å²) < 4.78 is 0. The molecule has 10 heteroatoms. The third kappa shape index (κ3) is 6.72. The van der Waals surface area contributed by atoms with Crippen LogP contribution in [0.5, 0.6) is 5.75 Å². The van der Waals surface area contributed by atoms with Gasteiger partial charge in [-0.05, 0) is 55.8 Å². The van der Waals surface area contributed by atoms with Crippen molar-refractivity contribution < 1.29 is 29.4 Å². The highest BCUT2D eigenvalue weighted by atomic mass is 16.4. The number of hydrogen-bond acceptors (Lipinski definition) is 6. The summed E-state index contributed by atoms with van der Waals surface area (Å²) in [6.07, 6.45) is 3.51. The number of aliphatic carboxylic acids is 1. The molecule has 10 nitrogen and oxygen atoms in total. The molecule has 0 spiro atoms. The van der Waals surface area contributed by atoms with E-state index in [0.717, 1.165) is 19.4 Å². The van der Waals surface area contributed by atoms with Gasteiger partial charge in [-0.3, -0.25) is 14.4 Å². The Morgan fingerprint density at radius 2 is 1.83 bits per heavy atom. The van der Waals surface area contributed by atoms with Crippen LogP contribution in [0.3, 0.4) is 0 Å². The summed E-state index contributed by atoms with van der Waals surface area (Å²) in [7, 11) is 0. The molecule has 2 saturated heterocycles. The lowest BCUT2D eigenvalue weighted by Crippen LogP contribution is -2.57. The first-order valence-electron chi connectivity index (χ1n) is 12.4. The molecule has 3 rings (SSSR count). The second-order valence-electron chi connectivity index (χ2n) is 9.48. The van der Waals surface area contributed by atoms with Gasteiger partial charge >= 0.3 is 5.97 Å². The number of carbonyl (C=O) groups excluding carboxylic acids is 3. The molecule has 1 aromatic rings. The lowest BCUT2D eigenvalue weighted by atomic mass is 9.98. The standard InChI is InChI=1S/C25H36N4O6/c1-3-15(2)21(25(34)35)28-22(31)19(14-16-8-10-17(30)11-9-16)27-23(32)20-7-5-13-29(20)24(33)18-6-4-12-26-18/h8-11,15,18-21,26,30H,3-7,12-14H2,1-2H3,(H,27,32)(H,28,31)(H,34,35). The number of carboxylic acids is 1. The Hall–Kier alpha value is -3.14. The van der Waals surface area contributed by atoms with Crippen molar-refractivity contribution in [3.63, 3.8) is 0 Å². The van der Waals surface area contributed by atoms with Crippen LogP contribution in [-0.4, -0.2) is 76.1 Å². The van der Waals surface area contributed by atoms with Crippen LogP contribution in [-0.2, 0) is 25.6 Å². The molecule has 2 aliphatic heterocycles. The first-order chi connectivity index (χ1) is 16.7. The molecular formula is C25H36N4O6. The summed E-state index contributed by atoms with van der Waals surface area (Å²) in [5.41, 5.74) is 0.688. The molecule has 1 aromatic carbocycles. The molecule has 5 atom stereocenters. The van der Waals surface area contributed by atoms with Crippen molar-refractivity contribution in [2.24, 2.45) is 5.92 Å². The van der Waals surface area contributed by atoms with Crippen LogP contribution in [0.2, 0.25) is 0 Å². The predicted molar refractivity (Wildman–Crippen MR) is 129 cm³/mol. The number of aromatic hydroxyl groups is 1. The van der Waals surface area contributed by atoms with Gasteiger partial charge in [-0.1, -0.05) is 32.4 Å². The lowest BCUT2D eigenvalue weighted by molar-refractivity contribution is -0.144. The van der Waals surface area contributed by atoms with Gasteiger partial charge in [0.1, 0.15) is 23.9 Å². The zero-order valence-electron chi connectivity index (χ0n) is 20.3. The van der Waals surface area contributed by atoms with Crippen molar-refractivity contribution in [3.8, 4) is 5.75 Å². The van der Waals surface area contributed by atoms with Gasteiger partial charge < -0.3 is 31.1 Å². The number of likely N-dealkylation sites (tertiary alicyclic amines) is 1. The highest BCUT2D eigenvalue weighted by molar-refractivity contribution is 5.94. The maximum absolute atomic E-state index is 13.3. The molecule has 35 heavy (non-hydrogen) atoms. The molecule has 0 saturated carbocycles. The summed E-state index contributed by atoms with van der Waals surface area (Å²) in [4.78, 5) is 52.8. The Labute approximate surface area is 205 Å². The van der Waals surface area contributed by atoms with Gasteiger partial charge in [-0.2, -0.15) is 0 Å². The number of carboxylic acid groups (broad SMARTS) is 1. The second-order valence-corrected chi connectivity index (χ2v) is 9.48. The first-order valence-corrected chi connectivity index (χ1v) is 12.4. The predicted octanol–water partition coefficient (Wildman–Crippen LogP) is 0.778. The number of hydrogen-bond donors (Lipinski definition) is 5. The molecule has 5 unspecified atom stereocenters. The third-order valence-corrected chi connectivity index (χ3v) is 6.98. The van der Waals surface area contributed by atoms with Crippen molar-refractivity contribution in [2.75, 3.05) is 13.1 Å². The van der Waals surface area contributed by atoms with E-state index in [1.54, 1.807) is 24.0 Å². The van der Waals surface area contributed by atoms with Crippen LogP contribution in [0.25, 0.3) is 0 Å². The molecule has 2 fully saturated rings. The van der Waals surface area contributed by atoms with E-state index < -0.39 is 35.9 Å². The third-order valence-electron chi connectivity index (χ3n) is 6.98. The van der Waals surface area contributed by atoms with Crippen molar-refractivity contribution in [3.05, 3.63) is 29.8 Å². The average Bonchev–Trinajstić information content (AvgIpc) is 3.54. The van der Waals surface area contributed by atoms with Gasteiger partial charge in [-0.25, -0.2) is 4.79 Å². The minimum absolute atomic E-state index is 0.0714. The Morgan fingerprint density at radius 3 is 2.43 bits per heavy atom. The zero-order chi connectivity index (χ0) is 25.5. The van der Waals surface area contributed by atoms with Gasteiger partial charge in [0.05, 0.1) is 6.04 Å². The van der Waals surface area contributed by atoms with Crippen LogP contribution in [0.1, 0.15) is 51.5 Å². The summed E-state index contributed by atoms with van der Waals surface area (Å²) in [6, 6.07) is 3.15. The van der Waals surface area contributed by atoms with Crippen LogP contribution < -0.4 is 16.0 Å². The van der Waals surface area contributed by atoms with Crippen molar-refractivity contribution in [2.45, 2.75) is 76.5 Å². The first kappa shape index (κ1) is 26.5. The maximum Gasteiger partial charge on any atom is 0.326 e. The van der Waals surface area contributed by atoms with E-state index in [1.807, 2.05) is 6.92 Å². The molecule has 5 N–H and O–H groups in total. The Kier molecular flexibility index (Phi) is 9.08. The van der Waals surface area contributed by atoms with Gasteiger partial charge in [-0.15, -0.1) is 0 Å². The Balaban J connectivity index is 1.76. The van der Waals surface area contributed by atoms with Crippen LogP contribution in [0, 0.1) is 5.92 Å². The van der Waals surface area contributed by atoms with Crippen molar-refractivity contribution >= 4 is 23.7 Å². The van der Waals surface area contributed by atoms with E-state index >= 15 is 0 Å². The number of amides is 3. The number of benzene rings is 1. The van der Waals surface area contributed by atoms with Gasteiger partial charge in [0.15, 0.2) is 0 Å². The zero-order valence-corrected chi connectivity index (χ0v) is 20.3. The molecular weight excluding hydrogens is 452 g/mol. The normalized spacial score (nSPS) is 22.3. The van der Waals surface area contributed by atoms with Crippen molar-refractivity contribution in [1.82, 2.24) is 20.9 Å². The highest BCUT2D eigenvalue weighted by Gasteiger charge is 2.39. The summed E-state index contributed by atoms with van der Waals surface area (Å²) in [6.45, 7) is 4.84. The number of phenols is 1. The van der Waals surface area contributed by atoms with E-state index in [0.29, 0.717) is 31.4 Å². The summed E-state index contributed by atoms with van der Waals surface area (Å²) in [5.74, 6) is -2.50. The van der Waals surface area contributed by atoms with E-state index in [2.05, 4.69) is 16.0 Å². The van der Waals surface area contributed by atoms with Gasteiger partial charge in [0, 0.05) is 13.0 Å². The molecule has 0 radical (unpaired) electrons. The average molecular weight is 489 g/mol. The fourth-order valence-electron chi connectivity index (χ4n) is 4.68. The van der Waals surface area contributed by atoms with Gasteiger partial charge in [0.2, 0.25) is 17.7 Å². The summed E-state index contributed by atoms with van der Waals surface area (Å²) >= 11 is 0. The Morgan fingerprint density at radius 1 is 1.11 bits per heavy atom. The van der Waals surface area contributed by atoms with E-state index in [-0.39, 0.29) is 30.0 Å². The second kappa shape index (κ2) is 12.0. The highest BCUT2D eigenvalue weighted by Crippen LogP contribution is 2.21. The fraction of sp³-hybridized carbons (Fsp3) is 0.600. The lowest BCUT2D eigenvalue weighted by Gasteiger charge is -2.29. The fourth-order valence-corrected chi connectivity index (χ4v) is 4.68. The van der Waals surface area contributed by atoms with E-state index in [4.69, 9.17) is 0 Å². The maximum atomic E-state index is 13.3. The SMILES string of the molecule is CCC(C)C(NC(=O)C(Cc1ccc(O)cc1)NC(=O)C1CCCN1C(=O)C1CCCN1)C(=O)O. The molecule has 2 heterocycles. The molecule has 3 amide bonds. The number of phenolic OH excluding ortho intramolecular Hbond substituents is 1. The smallest absolute Gasteiger partial charge is 0.326 e. The van der Waals surface area contributed by atoms with Crippen LogP contribution in [0.4, 0.5) is 0 Å². The molecule has 2 aliphatic rings. The Bertz CT molecular complexity index is 915. The molecule has 0 aliphatic carbocycles. The molecule has 192 valence electrons.